The van der Waals surface area contributed by atoms with Crippen molar-refractivity contribution in [1.82, 2.24) is 10.2 Å². The van der Waals surface area contributed by atoms with Gasteiger partial charge < -0.3 is 10.2 Å². The van der Waals surface area contributed by atoms with Crippen LogP contribution in [0.15, 0.2) is 22.7 Å². The van der Waals surface area contributed by atoms with E-state index in [1.54, 1.807) is 0 Å². The van der Waals surface area contributed by atoms with Crippen LogP contribution >= 0.6 is 39.9 Å². The van der Waals surface area contributed by atoms with Crippen LogP contribution in [-0.4, -0.2) is 36.5 Å². The molecule has 1 heterocycles. The summed E-state index contributed by atoms with van der Waals surface area (Å²) < 4.78 is 1.02. The zero-order chi connectivity index (χ0) is 15.9. The third kappa shape index (κ3) is 6.26. The monoisotopic (exact) mass is 422 g/mol. The fourth-order valence-corrected chi connectivity index (χ4v) is 3.63. The van der Waals surface area contributed by atoms with Crippen LogP contribution in [0.4, 0.5) is 0 Å². The quantitative estimate of drug-likeness (QED) is 0.732. The topological polar surface area (TPSA) is 32.3 Å². The van der Waals surface area contributed by atoms with Crippen molar-refractivity contribution in [3.63, 3.8) is 0 Å². The van der Waals surface area contributed by atoms with Crippen LogP contribution in [0.1, 0.15) is 38.2 Å². The van der Waals surface area contributed by atoms with Crippen molar-refractivity contribution in [2.24, 2.45) is 0 Å². The summed E-state index contributed by atoms with van der Waals surface area (Å²) in [5.74, 6) is 0.264. The van der Waals surface area contributed by atoms with Crippen molar-refractivity contribution in [2.45, 2.75) is 45.1 Å². The molecule has 1 amide bonds. The number of hydrogen-bond donors (Lipinski definition) is 1. The number of halogens is 3. The van der Waals surface area contributed by atoms with E-state index in [2.05, 4.69) is 33.1 Å². The predicted octanol–water partition coefficient (Wildman–Crippen LogP) is 4.45. The van der Waals surface area contributed by atoms with Crippen molar-refractivity contribution in [3.05, 3.63) is 33.3 Å². The van der Waals surface area contributed by atoms with Gasteiger partial charge in [0.1, 0.15) is 0 Å². The minimum atomic E-state index is 0. The van der Waals surface area contributed by atoms with Gasteiger partial charge >= 0.3 is 0 Å². The van der Waals surface area contributed by atoms with Crippen molar-refractivity contribution >= 4 is 45.8 Å². The lowest BCUT2D eigenvalue weighted by Gasteiger charge is -2.34. The molecule has 130 valence electrons. The molecule has 1 aliphatic rings. The number of benzene rings is 1. The van der Waals surface area contributed by atoms with E-state index in [9.17, 15) is 4.79 Å². The first kappa shape index (κ1) is 20.8. The van der Waals surface area contributed by atoms with Crippen LogP contribution in [0.5, 0.6) is 0 Å². The maximum absolute atomic E-state index is 12.7. The summed E-state index contributed by atoms with van der Waals surface area (Å²) in [5.41, 5.74) is 1.10. The number of carbonyl (C=O) groups excluding carboxylic acids is 1. The molecule has 0 spiro atoms. The van der Waals surface area contributed by atoms with E-state index in [-0.39, 0.29) is 18.3 Å². The Morgan fingerprint density at radius 2 is 2.09 bits per heavy atom. The molecule has 3 nitrogen and oxygen atoms in total. The Kier molecular flexibility index (Phi) is 9.52. The molecule has 0 aromatic heterocycles. The third-order valence-electron chi connectivity index (χ3n) is 4.15. The molecule has 0 aliphatic carbocycles. The van der Waals surface area contributed by atoms with Gasteiger partial charge in [-0.3, -0.25) is 4.79 Å². The second kappa shape index (κ2) is 10.5. The zero-order valence-electron chi connectivity index (χ0n) is 13.5. The number of nitrogens with one attached hydrogen (secondary N) is 1. The van der Waals surface area contributed by atoms with Gasteiger partial charge in [-0.05, 0) is 62.5 Å². The summed E-state index contributed by atoms with van der Waals surface area (Å²) in [6, 6.07) is 6.14. The van der Waals surface area contributed by atoms with Crippen molar-refractivity contribution in [1.29, 1.82) is 0 Å². The van der Waals surface area contributed by atoms with Crippen molar-refractivity contribution in [2.75, 3.05) is 19.6 Å². The van der Waals surface area contributed by atoms with Crippen LogP contribution in [0.25, 0.3) is 0 Å². The molecule has 0 unspecified atom stereocenters. The molecule has 2 rings (SSSR count). The average Bonchev–Trinajstić information content (AvgIpc) is 2.54. The average molecular weight is 424 g/mol. The molecule has 0 atom stereocenters. The van der Waals surface area contributed by atoms with Crippen LogP contribution in [0.2, 0.25) is 5.02 Å². The van der Waals surface area contributed by atoms with Crippen LogP contribution in [0.3, 0.4) is 0 Å². The molecular weight excluding hydrogens is 399 g/mol. The van der Waals surface area contributed by atoms with Gasteiger partial charge in [0.2, 0.25) is 5.91 Å². The van der Waals surface area contributed by atoms with Gasteiger partial charge in [0, 0.05) is 28.5 Å². The molecule has 6 heteroatoms. The summed E-state index contributed by atoms with van der Waals surface area (Å²) in [5, 5.41) is 4.08. The van der Waals surface area contributed by atoms with E-state index in [0.29, 0.717) is 12.5 Å². The SMILES string of the molecule is CCCN(C(=O)CCc1cc(Cl)ccc1Br)C1CCNCC1.Cl. The minimum Gasteiger partial charge on any atom is -0.340 e. The Balaban J connectivity index is 0.00000264. The van der Waals surface area contributed by atoms with Gasteiger partial charge in [-0.1, -0.05) is 34.5 Å². The van der Waals surface area contributed by atoms with E-state index in [1.165, 1.54) is 0 Å². The predicted molar refractivity (Wildman–Crippen MR) is 103 cm³/mol. The van der Waals surface area contributed by atoms with Gasteiger partial charge in [-0.25, -0.2) is 0 Å². The van der Waals surface area contributed by atoms with Crippen molar-refractivity contribution in [3.8, 4) is 0 Å². The van der Waals surface area contributed by atoms with E-state index in [0.717, 1.165) is 60.4 Å². The lowest BCUT2D eigenvalue weighted by Crippen LogP contribution is -2.46. The maximum Gasteiger partial charge on any atom is 0.223 e. The molecule has 23 heavy (non-hydrogen) atoms. The van der Waals surface area contributed by atoms with Crippen LogP contribution in [-0.2, 0) is 11.2 Å². The minimum absolute atomic E-state index is 0. The first-order valence-corrected chi connectivity index (χ1v) is 9.23. The highest BCUT2D eigenvalue weighted by Gasteiger charge is 2.24. The largest absolute Gasteiger partial charge is 0.340 e. The lowest BCUT2D eigenvalue weighted by molar-refractivity contribution is -0.134. The Morgan fingerprint density at radius 1 is 1.39 bits per heavy atom. The summed E-state index contributed by atoms with van der Waals surface area (Å²) in [7, 11) is 0. The first-order chi connectivity index (χ1) is 10.6. The third-order valence-corrected chi connectivity index (χ3v) is 5.16. The number of hydrogen-bond acceptors (Lipinski definition) is 2. The normalized spacial score (nSPS) is 15.1. The highest BCUT2D eigenvalue weighted by Crippen LogP contribution is 2.23. The fourth-order valence-electron chi connectivity index (χ4n) is 2.99. The summed E-state index contributed by atoms with van der Waals surface area (Å²) in [4.78, 5) is 14.8. The molecular formula is C17H25BrCl2N2O. The molecule has 0 bridgehead atoms. The number of nitrogens with zero attached hydrogens (tertiary/aromatic N) is 1. The molecule has 1 aliphatic heterocycles. The Bertz CT molecular complexity index is 507. The molecule has 1 aromatic rings. The lowest BCUT2D eigenvalue weighted by atomic mass is 10.0. The standard InChI is InChI=1S/C17H24BrClN2O.ClH/c1-2-11-21(15-7-9-20-10-8-15)17(22)6-3-13-12-14(19)4-5-16(13)18;/h4-5,12,15,20H,2-3,6-11H2,1H3;1H. The van der Waals surface area contributed by atoms with Gasteiger partial charge in [0.15, 0.2) is 0 Å². The van der Waals surface area contributed by atoms with Crippen molar-refractivity contribution < 1.29 is 4.79 Å². The first-order valence-electron chi connectivity index (χ1n) is 8.06. The van der Waals surface area contributed by atoms with E-state index >= 15 is 0 Å². The highest BCUT2D eigenvalue weighted by molar-refractivity contribution is 9.10. The molecule has 0 radical (unpaired) electrons. The number of amides is 1. The van der Waals surface area contributed by atoms with Gasteiger partial charge in [-0.2, -0.15) is 0 Å². The smallest absolute Gasteiger partial charge is 0.223 e. The number of carbonyl (C=O) groups is 1. The second-order valence-corrected chi connectivity index (χ2v) is 7.09. The van der Waals surface area contributed by atoms with Crippen LogP contribution in [0, 0.1) is 0 Å². The number of aryl methyl sites for hydroxylation is 1. The molecule has 1 saturated heterocycles. The Morgan fingerprint density at radius 3 is 2.74 bits per heavy atom. The van der Waals surface area contributed by atoms with E-state index in [1.807, 2.05) is 18.2 Å². The zero-order valence-corrected chi connectivity index (χ0v) is 16.6. The van der Waals surface area contributed by atoms with E-state index in [4.69, 9.17) is 11.6 Å². The van der Waals surface area contributed by atoms with Gasteiger partial charge in [0.25, 0.3) is 0 Å². The Labute approximate surface area is 158 Å². The summed E-state index contributed by atoms with van der Waals surface area (Å²) >= 11 is 9.58. The summed E-state index contributed by atoms with van der Waals surface area (Å²) in [6.07, 6.45) is 4.41. The van der Waals surface area contributed by atoms with Gasteiger partial charge in [0.05, 0.1) is 0 Å². The number of piperidine rings is 1. The summed E-state index contributed by atoms with van der Waals surface area (Å²) in [6.45, 7) is 5.02. The number of rotatable bonds is 6. The van der Waals surface area contributed by atoms with Gasteiger partial charge in [-0.15, -0.1) is 12.4 Å². The van der Waals surface area contributed by atoms with Crippen LogP contribution < -0.4 is 5.32 Å². The molecule has 1 N–H and O–H groups in total. The maximum atomic E-state index is 12.7. The fraction of sp³-hybridized carbons (Fsp3) is 0.588. The second-order valence-electron chi connectivity index (χ2n) is 5.80. The molecule has 1 fully saturated rings. The highest BCUT2D eigenvalue weighted by atomic mass is 79.9. The molecule has 1 aromatic carbocycles. The Hall–Kier alpha value is -0.290. The van der Waals surface area contributed by atoms with E-state index < -0.39 is 0 Å². The molecule has 0 saturated carbocycles.